The molecule has 6 nitrogen and oxygen atoms in total. The lowest BCUT2D eigenvalue weighted by Crippen LogP contribution is -2.17. The monoisotopic (exact) mass is 316 g/mol. The molecule has 0 atom stereocenters. The lowest BCUT2D eigenvalue weighted by atomic mass is 10.2. The van der Waals surface area contributed by atoms with Crippen molar-refractivity contribution in [3.05, 3.63) is 60.4 Å². The minimum Gasteiger partial charge on any atom is -0.326 e. The minimum absolute atomic E-state index is 0.941. The summed E-state index contributed by atoms with van der Waals surface area (Å²) in [5.41, 5.74) is 4.74. The van der Waals surface area contributed by atoms with Crippen LogP contribution in [0.1, 0.15) is 11.1 Å². The van der Waals surface area contributed by atoms with Gasteiger partial charge in [0.05, 0.1) is 0 Å². The van der Waals surface area contributed by atoms with E-state index >= 15 is 0 Å². The number of fused-ring (bicyclic) bond motifs is 2. The van der Waals surface area contributed by atoms with Gasteiger partial charge < -0.3 is 9.80 Å². The molecule has 6 heteroatoms. The molecule has 0 saturated heterocycles. The largest absolute Gasteiger partial charge is 0.326 e. The van der Waals surface area contributed by atoms with E-state index in [1.165, 1.54) is 11.1 Å². The van der Waals surface area contributed by atoms with Crippen LogP contribution in [0.2, 0.25) is 0 Å². The fourth-order valence-electron chi connectivity index (χ4n) is 3.55. The standard InChI is InChI=1S/C18H16N6/c1-2-15(23-6-4-13-9-19-11-21-17(13)23)8-16(3-1)24-7-5-14-10-20-12-22-18(14)24/h1-3,8-12H,4-7H2. The zero-order valence-corrected chi connectivity index (χ0v) is 13.1. The van der Waals surface area contributed by atoms with Gasteiger partial charge in [-0.25, -0.2) is 19.9 Å². The predicted molar refractivity (Wildman–Crippen MR) is 91.9 cm³/mol. The molecule has 4 heterocycles. The Hall–Kier alpha value is -3.02. The highest BCUT2D eigenvalue weighted by Crippen LogP contribution is 2.37. The van der Waals surface area contributed by atoms with Gasteiger partial charge in [-0.1, -0.05) is 6.07 Å². The Balaban J connectivity index is 1.52. The van der Waals surface area contributed by atoms with Crippen LogP contribution in [0.5, 0.6) is 0 Å². The summed E-state index contributed by atoms with van der Waals surface area (Å²) in [7, 11) is 0. The Morgan fingerprint density at radius 2 is 1.29 bits per heavy atom. The summed E-state index contributed by atoms with van der Waals surface area (Å²) in [4.78, 5) is 21.7. The molecule has 118 valence electrons. The fourth-order valence-corrected chi connectivity index (χ4v) is 3.55. The molecule has 0 radical (unpaired) electrons. The minimum atomic E-state index is 0.941. The second-order valence-corrected chi connectivity index (χ2v) is 6.07. The van der Waals surface area contributed by atoms with Crippen LogP contribution < -0.4 is 9.80 Å². The van der Waals surface area contributed by atoms with E-state index in [1.807, 2.05) is 12.4 Å². The molecular weight excluding hydrogens is 300 g/mol. The molecule has 0 aliphatic carbocycles. The van der Waals surface area contributed by atoms with Gasteiger partial charge in [0.25, 0.3) is 0 Å². The van der Waals surface area contributed by atoms with E-state index in [-0.39, 0.29) is 0 Å². The molecule has 1 aromatic carbocycles. The first-order valence-electron chi connectivity index (χ1n) is 8.13. The molecular formula is C18H16N6. The van der Waals surface area contributed by atoms with Crippen LogP contribution in [-0.4, -0.2) is 33.0 Å². The van der Waals surface area contributed by atoms with Crippen LogP contribution in [0.15, 0.2) is 49.3 Å². The van der Waals surface area contributed by atoms with Crippen LogP contribution in [0, 0.1) is 0 Å². The maximum absolute atomic E-state index is 4.46. The molecule has 5 rings (SSSR count). The Morgan fingerprint density at radius 3 is 1.83 bits per heavy atom. The van der Waals surface area contributed by atoms with E-state index in [1.54, 1.807) is 12.7 Å². The van der Waals surface area contributed by atoms with Crippen molar-refractivity contribution in [3.63, 3.8) is 0 Å². The fraction of sp³-hybridized carbons (Fsp3) is 0.222. The number of hydrogen-bond donors (Lipinski definition) is 0. The second-order valence-electron chi connectivity index (χ2n) is 6.07. The molecule has 0 bridgehead atoms. The molecule has 24 heavy (non-hydrogen) atoms. The van der Waals surface area contributed by atoms with Crippen LogP contribution in [-0.2, 0) is 12.8 Å². The Labute approximate surface area is 139 Å². The van der Waals surface area contributed by atoms with Crippen LogP contribution >= 0.6 is 0 Å². The SMILES string of the molecule is c1cc(N2CCc3cncnc32)cc(N2CCc3cncnc32)c1. The maximum Gasteiger partial charge on any atom is 0.139 e. The van der Waals surface area contributed by atoms with Crippen molar-refractivity contribution in [1.82, 2.24) is 19.9 Å². The maximum atomic E-state index is 4.46. The van der Waals surface area contributed by atoms with Crippen molar-refractivity contribution < 1.29 is 0 Å². The third-order valence-corrected chi connectivity index (χ3v) is 4.70. The molecule has 2 aromatic heterocycles. The average Bonchev–Trinajstić information content (AvgIpc) is 3.26. The zero-order chi connectivity index (χ0) is 15.9. The van der Waals surface area contributed by atoms with Gasteiger partial charge in [0, 0.05) is 48.0 Å². The number of aromatic nitrogens is 4. The first-order chi connectivity index (χ1) is 11.9. The third kappa shape index (κ3) is 2.03. The van der Waals surface area contributed by atoms with Gasteiger partial charge in [-0.2, -0.15) is 0 Å². The van der Waals surface area contributed by atoms with Gasteiger partial charge >= 0.3 is 0 Å². The van der Waals surface area contributed by atoms with E-state index in [9.17, 15) is 0 Å². The van der Waals surface area contributed by atoms with E-state index in [0.717, 1.165) is 48.9 Å². The number of rotatable bonds is 2. The van der Waals surface area contributed by atoms with E-state index < -0.39 is 0 Å². The van der Waals surface area contributed by atoms with Crippen molar-refractivity contribution in [1.29, 1.82) is 0 Å². The van der Waals surface area contributed by atoms with Crippen LogP contribution in [0.4, 0.5) is 23.0 Å². The molecule has 0 fully saturated rings. The van der Waals surface area contributed by atoms with Crippen molar-refractivity contribution in [3.8, 4) is 0 Å². The van der Waals surface area contributed by atoms with E-state index in [4.69, 9.17) is 0 Å². The lowest BCUT2D eigenvalue weighted by Gasteiger charge is -2.23. The highest BCUT2D eigenvalue weighted by atomic mass is 15.2. The molecule has 2 aliphatic rings. The molecule has 0 N–H and O–H groups in total. The normalized spacial score (nSPS) is 15.5. The van der Waals surface area contributed by atoms with E-state index in [0.29, 0.717) is 0 Å². The summed E-state index contributed by atoms with van der Waals surface area (Å²) in [6.45, 7) is 1.88. The van der Waals surface area contributed by atoms with Gasteiger partial charge in [-0.05, 0) is 31.0 Å². The highest BCUT2D eigenvalue weighted by molar-refractivity contribution is 5.73. The summed E-state index contributed by atoms with van der Waals surface area (Å²) in [6, 6.07) is 8.59. The number of anilines is 4. The zero-order valence-electron chi connectivity index (χ0n) is 13.1. The second kappa shape index (κ2) is 5.26. The number of hydrogen-bond acceptors (Lipinski definition) is 6. The van der Waals surface area contributed by atoms with E-state index in [2.05, 4.69) is 54.0 Å². The first kappa shape index (κ1) is 13.4. The molecule has 3 aromatic rings. The third-order valence-electron chi connectivity index (χ3n) is 4.70. The Kier molecular flexibility index (Phi) is 2.94. The van der Waals surface area contributed by atoms with Gasteiger partial charge in [-0.3, -0.25) is 0 Å². The number of nitrogens with zero attached hydrogens (tertiary/aromatic N) is 6. The smallest absolute Gasteiger partial charge is 0.139 e. The van der Waals surface area contributed by atoms with Crippen molar-refractivity contribution >= 4 is 23.0 Å². The van der Waals surface area contributed by atoms with Crippen LogP contribution in [0.25, 0.3) is 0 Å². The topological polar surface area (TPSA) is 58.0 Å². The summed E-state index contributed by atoms with van der Waals surface area (Å²) in [6.07, 6.45) is 9.04. The summed E-state index contributed by atoms with van der Waals surface area (Å²) in [5, 5.41) is 0. The molecule has 0 amide bonds. The highest BCUT2D eigenvalue weighted by Gasteiger charge is 2.25. The van der Waals surface area contributed by atoms with Crippen molar-refractivity contribution in [2.75, 3.05) is 22.9 Å². The predicted octanol–water partition coefficient (Wildman–Crippen LogP) is 2.66. The van der Waals surface area contributed by atoms with Gasteiger partial charge in [0.15, 0.2) is 0 Å². The van der Waals surface area contributed by atoms with Crippen LogP contribution in [0.3, 0.4) is 0 Å². The van der Waals surface area contributed by atoms with Gasteiger partial charge in [0.2, 0.25) is 0 Å². The summed E-state index contributed by atoms with van der Waals surface area (Å²) < 4.78 is 0. The van der Waals surface area contributed by atoms with Gasteiger partial charge in [-0.15, -0.1) is 0 Å². The summed E-state index contributed by atoms with van der Waals surface area (Å²) >= 11 is 0. The molecule has 2 aliphatic heterocycles. The Morgan fingerprint density at radius 1 is 0.750 bits per heavy atom. The summed E-state index contributed by atoms with van der Waals surface area (Å²) in [5.74, 6) is 2.04. The van der Waals surface area contributed by atoms with Gasteiger partial charge in [0.1, 0.15) is 24.3 Å². The average molecular weight is 316 g/mol. The molecule has 0 unspecified atom stereocenters. The Bertz CT molecular complexity index is 839. The quantitative estimate of drug-likeness (QED) is 0.724. The first-order valence-corrected chi connectivity index (χ1v) is 8.13. The molecule has 0 spiro atoms. The number of benzene rings is 1. The van der Waals surface area contributed by atoms with Crippen molar-refractivity contribution in [2.45, 2.75) is 12.8 Å². The lowest BCUT2D eigenvalue weighted by molar-refractivity contribution is 0.976. The molecule has 0 saturated carbocycles. The van der Waals surface area contributed by atoms with Crippen molar-refractivity contribution in [2.24, 2.45) is 0 Å².